The van der Waals surface area contributed by atoms with Gasteiger partial charge in [0.05, 0.1) is 12.7 Å². The summed E-state index contributed by atoms with van der Waals surface area (Å²) in [6.45, 7) is 0.635. The van der Waals surface area contributed by atoms with Crippen LogP contribution in [-0.4, -0.2) is 17.8 Å². The van der Waals surface area contributed by atoms with Crippen LogP contribution in [0.3, 0.4) is 0 Å². The number of aliphatic hydroxyl groups excluding tert-OH is 1. The molecule has 3 aromatic carbocycles. The highest BCUT2D eigenvalue weighted by molar-refractivity contribution is 5.47. The van der Waals surface area contributed by atoms with Gasteiger partial charge in [0.25, 0.3) is 0 Å². The SMILES string of the molecule is O[C@@H]1CCC[C@H](COC(c2ccccc2)(c2ccccc2)c2ccccc2)C1. The van der Waals surface area contributed by atoms with Crippen molar-refractivity contribution in [3.05, 3.63) is 108 Å². The molecule has 1 aliphatic carbocycles. The summed E-state index contributed by atoms with van der Waals surface area (Å²) in [6.07, 6.45) is 3.74. The molecule has 1 fully saturated rings. The zero-order valence-corrected chi connectivity index (χ0v) is 16.2. The van der Waals surface area contributed by atoms with E-state index in [-0.39, 0.29) is 6.10 Å². The number of ether oxygens (including phenoxy) is 1. The van der Waals surface area contributed by atoms with Crippen LogP contribution < -0.4 is 0 Å². The van der Waals surface area contributed by atoms with Crippen molar-refractivity contribution in [3.63, 3.8) is 0 Å². The molecular weight excluding hydrogens is 344 g/mol. The van der Waals surface area contributed by atoms with Gasteiger partial charge >= 0.3 is 0 Å². The van der Waals surface area contributed by atoms with Gasteiger partial charge in [-0.05, 0) is 41.9 Å². The molecule has 0 aromatic heterocycles. The van der Waals surface area contributed by atoms with Crippen LogP contribution in [0.2, 0.25) is 0 Å². The van der Waals surface area contributed by atoms with Crippen LogP contribution in [0.15, 0.2) is 91.0 Å². The lowest BCUT2D eigenvalue weighted by molar-refractivity contribution is -0.0278. The summed E-state index contributed by atoms with van der Waals surface area (Å²) in [5, 5.41) is 10.1. The number of hydrogen-bond acceptors (Lipinski definition) is 2. The monoisotopic (exact) mass is 372 g/mol. The molecule has 0 radical (unpaired) electrons. The first kappa shape index (κ1) is 18.9. The largest absolute Gasteiger partial charge is 0.393 e. The highest BCUT2D eigenvalue weighted by Gasteiger charge is 2.38. The van der Waals surface area contributed by atoms with Gasteiger partial charge in [0.15, 0.2) is 0 Å². The Bertz CT molecular complexity index is 749. The Hall–Kier alpha value is -2.42. The molecule has 0 unspecified atom stereocenters. The molecule has 0 aliphatic heterocycles. The molecule has 0 heterocycles. The molecule has 0 amide bonds. The number of aliphatic hydroxyl groups is 1. The molecular formula is C26H28O2. The average Bonchev–Trinajstić information content (AvgIpc) is 2.77. The summed E-state index contributed by atoms with van der Waals surface area (Å²) in [5.41, 5.74) is 2.72. The zero-order chi connectivity index (χ0) is 19.2. The maximum absolute atomic E-state index is 10.1. The Morgan fingerprint density at radius 3 is 1.61 bits per heavy atom. The van der Waals surface area contributed by atoms with Crippen LogP contribution in [0.4, 0.5) is 0 Å². The second-order valence-corrected chi connectivity index (χ2v) is 7.78. The van der Waals surface area contributed by atoms with Gasteiger partial charge in [-0.2, -0.15) is 0 Å². The first-order chi connectivity index (χ1) is 13.8. The molecule has 1 N–H and O–H groups in total. The quantitative estimate of drug-likeness (QED) is 0.575. The van der Waals surface area contributed by atoms with E-state index in [1.54, 1.807) is 0 Å². The number of hydrogen-bond donors (Lipinski definition) is 1. The maximum atomic E-state index is 10.1. The van der Waals surface area contributed by atoms with Gasteiger partial charge in [-0.15, -0.1) is 0 Å². The van der Waals surface area contributed by atoms with Crippen molar-refractivity contribution in [2.75, 3.05) is 6.61 Å². The lowest BCUT2D eigenvalue weighted by atomic mass is 9.79. The average molecular weight is 373 g/mol. The van der Waals surface area contributed by atoms with E-state index in [1.165, 1.54) is 0 Å². The third-order valence-electron chi connectivity index (χ3n) is 5.83. The summed E-state index contributed by atoms with van der Waals surface area (Å²) in [6, 6.07) is 31.5. The van der Waals surface area contributed by atoms with Crippen LogP contribution in [0.5, 0.6) is 0 Å². The van der Waals surface area contributed by atoms with Crippen molar-refractivity contribution in [3.8, 4) is 0 Å². The summed E-state index contributed by atoms with van der Waals surface area (Å²) >= 11 is 0. The van der Waals surface area contributed by atoms with Gasteiger partial charge < -0.3 is 9.84 Å². The lowest BCUT2D eigenvalue weighted by Crippen LogP contribution is -2.35. The predicted octanol–water partition coefficient (Wildman–Crippen LogP) is 5.55. The van der Waals surface area contributed by atoms with Crippen molar-refractivity contribution in [2.24, 2.45) is 5.92 Å². The van der Waals surface area contributed by atoms with Gasteiger partial charge in [-0.3, -0.25) is 0 Å². The van der Waals surface area contributed by atoms with Gasteiger partial charge in [0.1, 0.15) is 5.60 Å². The first-order valence-corrected chi connectivity index (χ1v) is 10.3. The minimum atomic E-state index is -0.661. The summed E-state index contributed by atoms with van der Waals surface area (Å²) in [5.74, 6) is 0.388. The molecule has 2 nitrogen and oxygen atoms in total. The third-order valence-corrected chi connectivity index (χ3v) is 5.83. The summed E-state index contributed by atoms with van der Waals surface area (Å²) < 4.78 is 6.86. The first-order valence-electron chi connectivity index (χ1n) is 10.3. The molecule has 2 atom stereocenters. The van der Waals surface area contributed by atoms with Gasteiger partial charge in [-0.25, -0.2) is 0 Å². The maximum Gasteiger partial charge on any atom is 0.143 e. The molecule has 0 saturated heterocycles. The normalized spacial score (nSPS) is 20.0. The Morgan fingerprint density at radius 1 is 0.714 bits per heavy atom. The van der Waals surface area contributed by atoms with E-state index in [0.29, 0.717) is 12.5 Å². The Kier molecular flexibility index (Phi) is 5.90. The van der Waals surface area contributed by atoms with Crippen molar-refractivity contribution >= 4 is 0 Å². The molecule has 0 spiro atoms. The standard InChI is InChI=1S/C26H28O2/c27-25-18-10-11-21(19-25)20-28-26(22-12-4-1-5-13-22,23-14-6-2-7-15-23)24-16-8-3-9-17-24/h1-9,12-17,21,25,27H,10-11,18-20H2/t21-,25+/m0/s1. The van der Waals surface area contributed by atoms with Crippen LogP contribution >= 0.6 is 0 Å². The molecule has 3 aromatic rings. The van der Waals surface area contributed by atoms with Crippen LogP contribution in [0.1, 0.15) is 42.4 Å². The highest BCUT2D eigenvalue weighted by Crippen LogP contribution is 2.41. The van der Waals surface area contributed by atoms with Crippen molar-refractivity contribution in [1.29, 1.82) is 0 Å². The lowest BCUT2D eigenvalue weighted by Gasteiger charge is -2.38. The summed E-state index contributed by atoms with van der Waals surface area (Å²) in [4.78, 5) is 0. The van der Waals surface area contributed by atoms with E-state index in [2.05, 4.69) is 72.8 Å². The Balaban J connectivity index is 1.79. The fourth-order valence-corrected chi connectivity index (χ4v) is 4.43. The highest BCUT2D eigenvalue weighted by atomic mass is 16.5. The molecule has 1 aliphatic rings. The van der Waals surface area contributed by atoms with E-state index in [1.807, 2.05) is 18.2 Å². The summed E-state index contributed by atoms with van der Waals surface area (Å²) in [7, 11) is 0. The second kappa shape index (κ2) is 8.72. The van der Waals surface area contributed by atoms with Gasteiger partial charge in [0.2, 0.25) is 0 Å². The van der Waals surface area contributed by atoms with Gasteiger partial charge in [0, 0.05) is 0 Å². The third kappa shape index (κ3) is 3.89. The molecule has 2 heteroatoms. The minimum Gasteiger partial charge on any atom is -0.393 e. The van der Waals surface area contributed by atoms with E-state index < -0.39 is 5.60 Å². The Labute approximate surface area is 167 Å². The minimum absolute atomic E-state index is 0.193. The Morgan fingerprint density at radius 2 is 1.18 bits per heavy atom. The van der Waals surface area contributed by atoms with Crippen molar-refractivity contribution in [1.82, 2.24) is 0 Å². The fraction of sp³-hybridized carbons (Fsp3) is 0.308. The topological polar surface area (TPSA) is 29.5 Å². The van der Waals surface area contributed by atoms with Crippen molar-refractivity contribution < 1.29 is 9.84 Å². The molecule has 4 rings (SSSR count). The zero-order valence-electron chi connectivity index (χ0n) is 16.2. The van der Waals surface area contributed by atoms with E-state index >= 15 is 0 Å². The molecule has 28 heavy (non-hydrogen) atoms. The second-order valence-electron chi connectivity index (χ2n) is 7.78. The van der Waals surface area contributed by atoms with E-state index in [4.69, 9.17) is 4.74 Å². The predicted molar refractivity (Wildman–Crippen MR) is 113 cm³/mol. The molecule has 0 bridgehead atoms. The molecule has 144 valence electrons. The van der Waals surface area contributed by atoms with Crippen LogP contribution in [0.25, 0.3) is 0 Å². The van der Waals surface area contributed by atoms with Gasteiger partial charge in [-0.1, -0.05) is 97.4 Å². The van der Waals surface area contributed by atoms with Crippen LogP contribution in [0, 0.1) is 5.92 Å². The fourth-order valence-electron chi connectivity index (χ4n) is 4.43. The van der Waals surface area contributed by atoms with E-state index in [0.717, 1.165) is 42.4 Å². The van der Waals surface area contributed by atoms with Crippen LogP contribution in [-0.2, 0) is 10.3 Å². The van der Waals surface area contributed by atoms with E-state index in [9.17, 15) is 5.11 Å². The van der Waals surface area contributed by atoms with Crippen molar-refractivity contribution in [2.45, 2.75) is 37.4 Å². The molecule has 1 saturated carbocycles. The number of rotatable bonds is 6. The smallest absolute Gasteiger partial charge is 0.143 e. The number of benzene rings is 3.